The van der Waals surface area contributed by atoms with Crippen molar-refractivity contribution in [1.82, 2.24) is 10.4 Å². The third kappa shape index (κ3) is 5.18. The Kier molecular flexibility index (Phi) is 6.72. The molecule has 0 aliphatic carbocycles. The molecule has 1 saturated heterocycles. The number of halogens is 1. The molecule has 0 spiro atoms. The summed E-state index contributed by atoms with van der Waals surface area (Å²) in [5.41, 5.74) is 3.40. The van der Waals surface area contributed by atoms with Gasteiger partial charge in [-0.25, -0.2) is 9.40 Å². The first-order valence-electron chi connectivity index (χ1n) is 11.4. The maximum absolute atomic E-state index is 15.0. The average molecular weight is 468 g/mol. The number of nitrogens with one attached hydrogen (secondary N) is 1. The number of hydrogen-bond acceptors (Lipinski definition) is 4. The second-order valence-corrected chi connectivity index (χ2v) is 11.0. The van der Waals surface area contributed by atoms with E-state index in [9.17, 15) is 9.59 Å². The largest absolute Gasteiger partial charge is 0.497 e. The number of benzene rings is 2. The summed E-state index contributed by atoms with van der Waals surface area (Å²) in [5, 5.41) is 1.28. The van der Waals surface area contributed by atoms with Gasteiger partial charge in [0.2, 0.25) is 0 Å². The molecule has 2 aromatic carbocycles. The summed E-state index contributed by atoms with van der Waals surface area (Å²) in [6.07, 6.45) is 0. The number of aryl methyl sites for hydroxylation is 2. The molecule has 0 atom stereocenters. The third-order valence-electron chi connectivity index (χ3n) is 6.33. The van der Waals surface area contributed by atoms with Crippen molar-refractivity contribution in [2.75, 3.05) is 0 Å². The Morgan fingerprint density at radius 1 is 0.912 bits per heavy atom. The van der Waals surface area contributed by atoms with Crippen molar-refractivity contribution in [1.29, 1.82) is 0 Å². The molecule has 3 rings (SSSR count). The molecule has 2 aromatic rings. The molecule has 6 nitrogen and oxygen atoms in total. The van der Waals surface area contributed by atoms with Gasteiger partial charge in [0, 0.05) is 16.6 Å². The third-order valence-corrected chi connectivity index (χ3v) is 6.33. The topological polar surface area (TPSA) is 67.9 Å². The van der Waals surface area contributed by atoms with Crippen LogP contribution in [0.1, 0.15) is 80.3 Å². The highest BCUT2D eigenvalue weighted by Gasteiger charge is 2.52. The Labute approximate surface area is 201 Å². The lowest BCUT2D eigenvalue weighted by Gasteiger charge is -2.35. The number of carbonyl (C=O) groups excluding carboxylic acids is 2. The first-order chi connectivity index (χ1) is 15.5. The van der Waals surface area contributed by atoms with E-state index in [1.807, 2.05) is 68.4 Å². The van der Waals surface area contributed by atoms with E-state index in [0.717, 1.165) is 17.2 Å². The fourth-order valence-corrected chi connectivity index (χ4v) is 3.75. The van der Waals surface area contributed by atoms with Crippen molar-refractivity contribution < 1.29 is 23.3 Å². The molecule has 0 saturated carbocycles. The number of carbonyl (C=O) groups is 2. The lowest BCUT2D eigenvalue weighted by atomic mass is 9.78. The van der Waals surface area contributed by atoms with Gasteiger partial charge in [0.15, 0.2) is 0 Å². The monoisotopic (exact) mass is 468 g/mol. The Morgan fingerprint density at radius 2 is 1.44 bits per heavy atom. The van der Waals surface area contributed by atoms with Gasteiger partial charge in [0.05, 0.1) is 16.7 Å². The highest BCUT2D eigenvalue weighted by Crippen LogP contribution is 2.36. The van der Waals surface area contributed by atoms with E-state index in [0.29, 0.717) is 5.56 Å². The van der Waals surface area contributed by atoms with Crippen LogP contribution in [0.4, 0.5) is 4.39 Å². The SMILES string of the molecule is Cc1cc(C)cc(C(=O)N(NC(=O)c2ccc(B3OC(C)(C)C(C)(C)O3)c(F)c2)C(C)(C)C)c1. The van der Waals surface area contributed by atoms with Gasteiger partial charge < -0.3 is 9.31 Å². The van der Waals surface area contributed by atoms with Gasteiger partial charge in [0.1, 0.15) is 5.82 Å². The molecule has 182 valence electrons. The summed E-state index contributed by atoms with van der Waals surface area (Å²) in [6, 6.07) is 9.65. The quantitative estimate of drug-likeness (QED) is 0.538. The molecule has 34 heavy (non-hydrogen) atoms. The standard InChI is InChI=1S/C26H34BFN2O4/c1-16-12-17(2)14-19(13-16)23(32)30(24(3,4)5)29-22(31)18-10-11-20(21(28)15-18)27-33-25(6,7)26(8,9)34-27/h10-15H,1-9H3,(H,29,31). The van der Waals surface area contributed by atoms with Crippen molar-refractivity contribution in [2.24, 2.45) is 0 Å². The minimum atomic E-state index is -0.876. The van der Waals surface area contributed by atoms with Gasteiger partial charge in [-0.15, -0.1) is 0 Å². The molecule has 1 aliphatic heterocycles. The van der Waals surface area contributed by atoms with Crippen molar-refractivity contribution in [3.63, 3.8) is 0 Å². The number of amides is 2. The number of hydrazine groups is 1. The summed E-state index contributed by atoms with van der Waals surface area (Å²) in [7, 11) is -0.876. The maximum Gasteiger partial charge on any atom is 0.497 e. The van der Waals surface area contributed by atoms with Crippen LogP contribution in [0.5, 0.6) is 0 Å². The molecule has 0 bridgehead atoms. The molecule has 1 aliphatic rings. The molecule has 1 fully saturated rings. The van der Waals surface area contributed by atoms with Crippen molar-refractivity contribution in [3.8, 4) is 0 Å². The smallest absolute Gasteiger partial charge is 0.399 e. The van der Waals surface area contributed by atoms with E-state index >= 15 is 4.39 Å². The summed E-state index contributed by atoms with van der Waals surface area (Å²) >= 11 is 0. The Bertz CT molecular complexity index is 1090. The molecular formula is C26H34BFN2O4. The van der Waals surface area contributed by atoms with Crippen molar-refractivity contribution in [3.05, 3.63) is 64.5 Å². The van der Waals surface area contributed by atoms with Crippen LogP contribution in [0.2, 0.25) is 0 Å². The van der Waals surface area contributed by atoms with Crippen LogP contribution in [0, 0.1) is 19.7 Å². The van der Waals surface area contributed by atoms with E-state index in [-0.39, 0.29) is 16.9 Å². The fourth-order valence-electron chi connectivity index (χ4n) is 3.75. The van der Waals surface area contributed by atoms with Crippen LogP contribution in [-0.2, 0) is 9.31 Å². The first kappa shape index (κ1) is 25.9. The summed E-state index contributed by atoms with van der Waals surface area (Å²) in [6.45, 7) is 16.8. The minimum absolute atomic E-state index is 0.0836. The summed E-state index contributed by atoms with van der Waals surface area (Å²) < 4.78 is 26.9. The number of nitrogens with zero attached hydrogens (tertiary/aromatic N) is 1. The van der Waals surface area contributed by atoms with Gasteiger partial charge in [-0.2, -0.15) is 0 Å². The predicted octanol–water partition coefficient (Wildman–Crippen LogP) is 4.33. The molecule has 8 heteroatoms. The van der Waals surface area contributed by atoms with Crippen LogP contribution < -0.4 is 10.9 Å². The second-order valence-electron chi connectivity index (χ2n) is 11.0. The molecular weight excluding hydrogens is 434 g/mol. The zero-order valence-corrected chi connectivity index (χ0v) is 21.5. The second kappa shape index (κ2) is 8.82. The van der Waals surface area contributed by atoms with Crippen LogP contribution in [0.25, 0.3) is 0 Å². The zero-order valence-electron chi connectivity index (χ0n) is 21.5. The van der Waals surface area contributed by atoms with Crippen LogP contribution in [0.15, 0.2) is 36.4 Å². The lowest BCUT2D eigenvalue weighted by molar-refractivity contribution is 0.00578. The Morgan fingerprint density at radius 3 is 1.91 bits per heavy atom. The van der Waals surface area contributed by atoms with Gasteiger partial charge in [-0.05, 0) is 86.6 Å². The van der Waals surface area contributed by atoms with E-state index < -0.39 is 35.6 Å². The fraction of sp³-hybridized carbons (Fsp3) is 0.462. The van der Waals surface area contributed by atoms with Crippen molar-refractivity contribution in [2.45, 2.75) is 79.1 Å². The van der Waals surface area contributed by atoms with Crippen LogP contribution in [0.3, 0.4) is 0 Å². The minimum Gasteiger partial charge on any atom is -0.399 e. The maximum atomic E-state index is 15.0. The zero-order chi connectivity index (χ0) is 25.6. The molecule has 1 heterocycles. The molecule has 1 N–H and O–H groups in total. The normalized spacial score (nSPS) is 16.9. The van der Waals surface area contributed by atoms with Gasteiger partial charge >= 0.3 is 7.12 Å². The first-order valence-corrected chi connectivity index (χ1v) is 11.4. The highest BCUT2D eigenvalue weighted by atomic mass is 19.1. The predicted molar refractivity (Wildman–Crippen MR) is 131 cm³/mol. The summed E-state index contributed by atoms with van der Waals surface area (Å²) in [5.74, 6) is -1.55. The van der Waals surface area contributed by atoms with E-state index in [1.54, 1.807) is 12.1 Å². The molecule has 0 unspecified atom stereocenters. The highest BCUT2D eigenvalue weighted by molar-refractivity contribution is 6.62. The van der Waals surface area contributed by atoms with E-state index in [2.05, 4.69) is 5.43 Å². The Balaban J connectivity index is 1.84. The number of rotatable bonds is 3. The van der Waals surface area contributed by atoms with Gasteiger partial charge in [0.25, 0.3) is 11.8 Å². The van der Waals surface area contributed by atoms with Crippen LogP contribution >= 0.6 is 0 Å². The van der Waals surface area contributed by atoms with Crippen molar-refractivity contribution >= 4 is 24.4 Å². The Hall–Kier alpha value is -2.71. The number of hydrogen-bond donors (Lipinski definition) is 1. The van der Waals surface area contributed by atoms with Crippen LogP contribution in [-0.4, -0.2) is 40.7 Å². The lowest BCUT2D eigenvalue weighted by Crippen LogP contribution is -2.56. The van der Waals surface area contributed by atoms with Gasteiger partial charge in [-0.1, -0.05) is 23.3 Å². The molecule has 0 aromatic heterocycles. The molecule has 2 amide bonds. The average Bonchev–Trinajstić information content (AvgIpc) is 2.90. The van der Waals surface area contributed by atoms with E-state index in [1.165, 1.54) is 17.1 Å². The van der Waals surface area contributed by atoms with E-state index in [4.69, 9.17) is 9.31 Å². The van der Waals surface area contributed by atoms with Gasteiger partial charge in [-0.3, -0.25) is 15.0 Å². The molecule has 0 radical (unpaired) electrons. The summed E-state index contributed by atoms with van der Waals surface area (Å²) in [4.78, 5) is 26.3.